The maximum absolute atomic E-state index is 12.4. The Morgan fingerprint density at radius 1 is 1.12 bits per heavy atom. The number of benzene rings is 1. The van der Waals surface area contributed by atoms with Crippen molar-refractivity contribution in [2.75, 3.05) is 38.2 Å². The van der Waals surface area contributed by atoms with Gasteiger partial charge in [0.1, 0.15) is 0 Å². The van der Waals surface area contributed by atoms with Gasteiger partial charge in [-0.3, -0.25) is 4.79 Å². The summed E-state index contributed by atoms with van der Waals surface area (Å²) in [5.74, 6) is 1.46. The summed E-state index contributed by atoms with van der Waals surface area (Å²) in [6.45, 7) is 2.92. The smallest absolute Gasteiger partial charge is 0.228 e. The molecular formula is C19H24N4O2. The summed E-state index contributed by atoms with van der Waals surface area (Å²) in [4.78, 5) is 25.1. The predicted octanol–water partition coefficient (Wildman–Crippen LogP) is 2.16. The van der Waals surface area contributed by atoms with E-state index in [0.717, 1.165) is 25.9 Å². The molecule has 0 saturated carbocycles. The van der Waals surface area contributed by atoms with Gasteiger partial charge < -0.3 is 14.5 Å². The molecule has 0 spiro atoms. The molecule has 6 nitrogen and oxygen atoms in total. The van der Waals surface area contributed by atoms with Crippen molar-refractivity contribution < 1.29 is 9.53 Å². The van der Waals surface area contributed by atoms with Gasteiger partial charge in [0, 0.05) is 44.9 Å². The number of amides is 1. The first kappa shape index (κ1) is 17.2. The van der Waals surface area contributed by atoms with E-state index in [9.17, 15) is 4.79 Å². The first-order chi connectivity index (χ1) is 12.3. The largest absolute Gasteiger partial charge is 0.481 e. The summed E-state index contributed by atoms with van der Waals surface area (Å²) in [6.07, 6.45) is 4.14. The molecule has 0 radical (unpaired) electrons. The molecule has 1 aliphatic heterocycles. The van der Waals surface area contributed by atoms with E-state index >= 15 is 0 Å². The summed E-state index contributed by atoms with van der Waals surface area (Å²) in [5, 5.41) is 0. The van der Waals surface area contributed by atoms with Crippen LogP contribution in [0.4, 0.5) is 5.95 Å². The average molecular weight is 340 g/mol. The lowest BCUT2D eigenvalue weighted by atomic mass is 10.1. The van der Waals surface area contributed by atoms with Crippen molar-refractivity contribution in [1.29, 1.82) is 0 Å². The van der Waals surface area contributed by atoms with E-state index in [2.05, 4.69) is 27.0 Å². The number of methoxy groups -OCH3 is 1. The van der Waals surface area contributed by atoms with E-state index in [1.165, 1.54) is 5.56 Å². The highest BCUT2D eigenvalue weighted by Gasteiger charge is 2.22. The molecule has 1 aromatic heterocycles. The van der Waals surface area contributed by atoms with E-state index in [1.807, 2.05) is 23.1 Å². The molecule has 2 heterocycles. The Labute approximate surface area is 148 Å². The number of hydrogen-bond acceptors (Lipinski definition) is 5. The van der Waals surface area contributed by atoms with Crippen molar-refractivity contribution in [2.24, 2.45) is 0 Å². The fourth-order valence-electron chi connectivity index (χ4n) is 3.00. The van der Waals surface area contributed by atoms with E-state index in [1.54, 1.807) is 19.4 Å². The van der Waals surface area contributed by atoms with Crippen molar-refractivity contribution in [3.05, 3.63) is 48.2 Å². The number of ether oxygens (including phenoxy) is 1. The van der Waals surface area contributed by atoms with Crippen LogP contribution in [-0.4, -0.2) is 54.1 Å². The molecule has 0 bridgehead atoms. The van der Waals surface area contributed by atoms with Gasteiger partial charge >= 0.3 is 0 Å². The van der Waals surface area contributed by atoms with Gasteiger partial charge in [-0.05, 0) is 18.4 Å². The third-order valence-electron chi connectivity index (χ3n) is 4.44. The molecule has 6 heteroatoms. The number of anilines is 1. The van der Waals surface area contributed by atoms with Crippen LogP contribution < -0.4 is 9.64 Å². The second-order valence-corrected chi connectivity index (χ2v) is 6.11. The molecule has 0 aliphatic carbocycles. The molecule has 0 unspecified atom stereocenters. The fourth-order valence-corrected chi connectivity index (χ4v) is 3.00. The van der Waals surface area contributed by atoms with E-state index in [0.29, 0.717) is 31.3 Å². The Morgan fingerprint density at radius 3 is 2.60 bits per heavy atom. The number of aromatic nitrogens is 2. The molecule has 0 atom stereocenters. The van der Waals surface area contributed by atoms with Gasteiger partial charge in [-0.2, -0.15) is 4.98 Å². The third-order valence-corrected chi connectivity index (χ3v) is 4.44. The van der Waals surface area contributed by atoms with Crippen molar-refractivity contribution in [3.8, 4) is 5.88 Å². The number of carbonyl (C=O) groups excluding carboxylic acids is 1. The molecular weight excluding hydrogens is 316 g/mol. The average Bonchev–Trinajstić information content (AvgIpc) is 2.69. The normalized spacial score (nSPS) is 14.4. The maximum atomic E-state index is 12.4. The number of piperazine rings is 1. The summed E-state index contributed by atoms with van der Waals surface area (Å²) < 4.78 is 5.14. The van der Waals surface area contributed by atoms with Crippen LogP contribution in [0.15, 0.2) is 42.6 Å². The van der Waals surface area contributed by atoms with E-state index in [4.69, 9.17) is 4.74 Å². The summed E-state index contributed by atoms with van der Waals surface area (Å²) in [6, 6.07) is 12.0. The van der Waals surface area contributed by atoms with Gasteiger partial charge in [0.2, 0.25) is 17.7 Å². The number of hydrogen-bond donors (Lipinski definition) is 0. The Bertz CT molecular complexity index is 685. The number of rotatable bonds is 6. The van der Waals surface area contributed by atoms with Gasteiger partial charge in [-0.25, -0.2) is 4.98 Å². The SMILES string of the molecule is COc1ccnc(N2CCN(C(=O)CCCc3ccccc3)CC2)n1. The molecule has 1 aliphatic rings. The van der Waals surface area contributed by atoms with Crippen molar-refractivity contribution in [1.82, 2.24) is 14.9 Å². The molecule has 1 saturated heterocycles. The zero-order valence-electron chi connectivity index (χ0n) is 14.6. The Kier molecular flexibility index (Phi) is 5.82. The van der Waals surface area contributed by atoms with Gasteiger partial charge in [-0.1, -0.05) is 30.3 Å². The van der Waals surface area contributed by atoms with Crippen molar-refractivity contribution in [3.63, 3.8) is 0 Å². The lowest BCUT2D eigenvalue weighted by Crippen LogP contribution is -2.49. The minimum atomic E-state index is 0.238. The monoisotopic (exact) mass is 340 g/mol. The topological polar surface area (TPSA) is 58.6 Å². The molecule has 0 N–H and O–H groups in total. The molecule has 25 heavy (non-hydrogen) atoms. The molecule has 1 fully saturated rings. The Balaban J connectivity index is 1.44. The van der Waals surface area contributed by atoms with Gasteiger partial charge in [0.15, 0.2) is 0 Å². The quantitative estimate of drug-likeness (QED) is 0.806. The highest BCUT2D eigenvalue weighted by Crippen LogP contribution is 2.15. The second-order valence-electron chi connectivity index (χ2n) is 6.11. The Morgan fingerprint density at radius 2 is 1.88 bits per heavy atom. The number of carbonyl (C=O) groups is 1. The van der Waals surface area contributed by atoms with Gasteiger partial charge in [0.25, 0.3) is 0 Å². The summed E-state index contributed by atoms with van der Waals surface area (Å²) >= 11 is 0. The Hall–Kier alpha value is -2.63. The molecule has 132 valence electrons. The first-order valence-electron chi connectivity index (χ1n) is 8.70. The zero-order chi connectivity index (χ0) is 17.5. The lowest BCUT2D eigenvalue weighted by molar-refractivity contribution is -0.131. The predicted molar refractivity (Wildman–Crippen MR) is 96.8 cm³/mol. The number of aryl methyl sites for hydroxylation is 1. The minimum Gasteiger partial charge on any atom is -0.481 e. The van der Waals surface area contributed by atoms with Gasteiger partial charge in [0.05, 0.1) is 7.11 Å². The zero-order valence-corrected chi connectivity index (χ0v) is 14.6. The molecule has 1 aromatic carbocycles. The third kappa shape index (κ3) is 4.68. The lowest BCUT2D eigenvalue weighted by Gasteiger charge is -2.34. The van der Waals surface area contributed by atoms with Crippen LogP contribution in [0.2, 0.25) is 0 Å². The van der Waals surface area contributed by atoms with Crippen molar-refractivity contribution in [2.45, 2.75) is 19.3 Å². The van der Waals surface area contributed by atoms with Crippen LogP contribution in [-0.2, 0) is 11.2 Å². The van der Waals surface area contributed by atoms with Crippen LogP contribution in [0.1, 0.15) is 18.4 Å². The highest BCUT2D eigenvalue weighted by molar-refractivity contribution is 5.76. The summed E-state index contributed by atoms with van der Waals surface area (Å²) in [5.41, 5.74) is 1.29. The standard InChI is InChI=1S/C19H24N4O2/c1-25-17-10-11-20-19(21-17)23-14-12-22(13-15-23)18(24)9-5-8-16-6-3-2-4-7-16/h2-4,6-7,10-11H,5,8-9,12-15H2,1H3. The van der Waals surface area contributed by atoms with Gasteiger partial charge in [-0.15, -0.1) is 0 Å². The second kappa shape index (κ2) is 8.46. The van der Waals surface area contributed by atoms with Crippen LogP contribution in [0, 0.1) is 0 Å². The van der Waals surface area contributed by atoms with Crippen LogP contribution in [0.5, 0.6) is 5.88 Å². The molecule has 2 aromatic rings. The van der Waals surface area contributed by atoms with Crippen LogP contribution >= 0.6 is 0 Å². The van der Waals surface area contributed by atoms with E-state index in [-0.39, 0.29) is 5.91 Å². The first-order valence-corrected chi connectivity index (χ1v) is 8.70. The molecule has 1 amide bonds. The molecule has 3 rings (SSSR count). The maximum Gasteiger partial charge on any atom is 0.228 e. The minimum absolute atomic E-state index is 0.238. The number of nitrogens with zero attached hydrogens (tertiary/aromatic N) is 4. The summed E-state index contributed by atoms with van der Waals surface area (Å²) in [7, 11) is 1.60. The highest BCUT2D eigenvalue weighted by atomic mass is 16.5. The van der Waals surface area contributed by atoms with Crippen LogP contribution in [0.3, 0.4) is 0 Å². The fraction of sp³-hybridized carbons (Fsp3) is 0.421. The van der Waals surface area contributed by atoms with E-state index < -0.39 is 0 Å². The van der Waals surface area contributed by atoms with Crippen LogP contribution in [0.25, 0.3) is 0 Å². The van der Waals surface area contributed by atoms with Crippen molar-refractivity contribution >= 4 is 11.9 Å².